The Morgan fingerprint density at radius 2 is 1.92 bits per heavy atom. The Bertz CT molecular complexity index is 592. The fraction of sp³-hybridized carbons (Fsp3) is 0.556. The Labute approximate surface area is 142 Å². The number of aliphatic carboxylic acids is 1. The molecule has 1 aliphatic heterocycles. The highest BCUT2D eigenvalue weighted by atomic mass is 16.6. The molecule has 0 aromatic heterocycles. The van der Waals surface area contributed by atoms with E-state index in [1.807, 2.05) is 56.9 Å². The molecule has 24 heavy (non-hydrogen) atoms. The van der Waals surface area contributed by atoms with Gasteiger partial charge in [0.15, 0.2) is 0 Å². The lowest BCUT2D eigenvalue weighted by atomic mass is 10.0. The second-order valence-corrected chi connectivity index (χ2v) is 7.28. The van der Waals surface area contributed by atoms with Crippen LogP contribution in [0.3, 0.4) is 0 Å². The molecular weight excluding hydrogens is 308 g/mol. The van der Waals surface area contributed by atoms with Crippen molar-refractivity contribution < 1.29 is 19.4 Å². The average Bonchev–Trinajstić information content (AvgIpc) is 2.86. The first-order valence-electron chi connectivity index (χ1n) is 8.18. The van der Waals surface area contributed by atoms with E-state index in [0.717, 1.165) is 11.1 Å². The summed E-state index contributed by atoms with van der Waals surface area (Å²) in [5.41, 5.74) is 1.30. The van der Waals surface area contributed by atoms with Gasteiger partial charge in [-0.15, -0.1) is 0 Å². The third kappa shape index (κ3) is 4.96. The number of ether oxygens (including phenoxy) is 1. The van der Waals surface area contributed by atoms with Gasteiger partial charge in [0, 0.05) is 19.1 Å². The van der Waals surface area contributed by atoms with Gasteiger partial charge in [0.2, 0.25) is 0 Å². The molecule has 1 aliphatic rings. The molecule has 0 bridgehead atoms. The molecule has 1 saturated heterocycles. The lowest BCUT2D eigenvalue weighted by Gasteiger charge is -2.25. The first-order chi connectivity index (χ1) is 11.2. The van der Waals surface area contributed by atoms with Gasteiger partial charge >= 0.3 is 12.1 Å². The van der Waals surface area contributed by atoms with Gasteiger partial charge in [-0.2, -0.15) is 0 Å². The van der Waals surface area contributed by atoms with E-state index in [2.05, 4.69) is 5.32 Å². The number of carbonyl (C=O) groups excluding carboxylic acids is 1. The van der Waals surface area contributed by atoms with Crippen LogP contribution in [0.15, 0.2) is 24.3 Å². The van der Waals surface area contributed by atoms with Crippen molar-refractivity contribution >= 4 is 12.1 Å². The second kappa shape index (κ2) is 7.21. The Hall–Kier alpha value is -2.08. The molecule has 0 saturated carbocycles. The van der Waals surface area contributed by atoms with E-state index in [1.54, 1.807) is 0 Å². The number of aryl methyl sites for hydroxylation is 1. The van der Waals surface area contributed by atoms with Crippen LogP contribution < -0.4 is 5.32 Å². The molecule has 2 atom stereocenters. The summed E-state index contributed by atoms with van der Waals surface area (Å²) in [6.45, 7) is 8.51. The molecular formula is C18H26N2O4. The average molecular weight is 334 g/mol. The lowest BCUT2D eigenvalue weighted by Crippen LogP contribution is -2.41. The van der Waals surface area contributed by atoms with Crippen LogP contribution in [-0.2, 0) is 9.53 Å². The van der Waals surface area contributed by atoms with Crippen LogP contribution in [0.5, 0.6) is 0 Å². The zero-order valence-corrected chi connectivity index (χ0v) is 14.7. The fourth-order valence-electron chi connectivity index (χ4n) is 2.87. The molecule has 0 unspecified atom stereocenters. The van der Waals surface area contributed by atoms with Crippen LogP contribution in [0.2, 0.25) is 0 Å². The van der Waals surface area contributed by atoms with E-state index in [4.69, 9.17) is 4.74 Å². The maximum atomic E-state index is 11.9. The number of hydrogen-bond donors (Lipinski definition) is 2. The summed E-state index contributed by atoms with van der Waals surface area (Å²) in [7, 11) is 0. The number of nitrogens with one attached hydrogen (secondary N) is 1. The number of rotatable bonds is 4. The molecule has 1 aromatic carbocycles. The lowest BCUT2D eigenvalue weighted by molar-refractivity contribution is -0.143. The van der Waals surface area contributed by atoms with Crippen molar-refractivity contribution in [3.05, 3.63) is 35.4 Å². The predicted molar refractivity (Wildman–Crippen MR) is 90.9 cm³/mol. The van der Waals surface area contributed by atoms with E-state index in [0.29, 0.717) is 19.5 Å². The molecule has 0 spiro atoms. The summed E-state index contributed by atoms with van der Waals surface area (Å²) in [5, 5.41) is 12.4. The van der Waals surface area contributed by atoms with Crippen LogP contribution in [0.1, 0.15) is 44.4 Å². The van der Waals surface area contributed by atoms with Crippen molar-refractivity contribution in [3.8, 4) is 0 Å². The number of benzene rings is 1. The summed E-state index contributed by atoms with van der Waals surface area (Å²) < 4.78 is 5.26. The van der Waals surface area contributed by atoms with E-state index in [1.165, 1.54) is 0 Å². The van der Waals surface area contributed by atoms with E-state index >= 15 is 0 Å². The summed E-state index contributed by atoms with van der Waals surface area (Å²) in [4.78, 5) is 25.5. The Kier molecular flexibility index (Phi) is 5.49. The number of carbonyl (C=O) groups is 2. The quantitative estimate of drug-likeness (QED) is 0.885. The van der Waals surface area contributed by atoms with Gasteiger partial charge in [-0.1, -0.05) is 29.8 Å². The number of carboxylic acid groups (broad SMARTS) is 1. The number of hydrogen-bond acceptors (Lipinski definition) is 4. The topological polar surface area (TPSA) is 78.9 Å². The smallest absolute Gasteiger partial charge is 0.407 e. The molecule has 1 heterocycles. The molecule has 1 aromatic rings. The third-order valence-electron chi connectivity index (χ3n) is 3.93. The molecule has 132 valence electrons. The van der Waals surface area contributed by atoms with Crippen molar-refractivity contribution in [3.63, 3.8) is 0 Å². The van der Waals surface area contributed by atoms with Gasteiger partial charge in [0.1, 0.15) is 11.6 Å². The monoisotopic (exact) mass is 334 g/mol. The number of carboxylic acids is 1. The standard InChI is InChI=1S/C18H26N2O4/c1-12-5-7-13(8-6-12)15(16(21)22)20-10-9-14(11-20)19-17(23)24-18(2,3)4/h5-8,14-15H,9-11H2,1-4H3,(H,19,23)(H,21,22)/t14-,15-/m0/s1. The normalized spacial score (nSPS) is 19.8. The number of likely N-dealkylation sites (tertiary alicyclic amines) is 1. The zero-order chi connectivity index (χ0) is 17.9. The molecule has 1 amide bonds. The van der Waals surface area contributed by atoms with E-state index in [9.17, 15) is 14.7 Å². The Morgan fingerprint density at radius 1 is 1.29 bits per heavy atom. The Morgan fingerprint density at radius 3 is 2.46 bits per heavy atom. The van der Waals surface area contributed by atoms with Gasteiger partial charge in [0.05, 0.1) is 0 Å². The van der Waals surface area contributed by atoms with Crippen LogP contribution in [-0.4, -0.2) is 46.8 Å². The minimum absolute atomic E-state index is 0.104. The molecule has 0 radical (unpaired) electrons. The van der Waals surface area contributed by atoms with Gasteiger partial charge < -0.3 is 15.2 Å². The molecule has 2 rings (SSSR count). The highest BCUT2D eigenvalue weighted by Crippen LogP contribution is 2.26. The highest BCUT2D eigenvalue weighted by Gasteiger charge is 2.34. The minimum atomic E-state index is -0.878. The van der Waals surface area contributed by atoms with Crippen LogP contribution >= 0.6 is 0 Å². The summed E-state index contributed by atoms with van der Waals surface area (Å²) in [6, 6.07) is 6.73. The summed E-state index contributed by atoms with van der Waals surface area (Å²) in [6.07, 6.45) is 0.242. The van der Waals surface area contributed by atoms with E-state index < -0.39 is 23.7 Å². The van der Waals surface area contributed by atoms with Gasteiger partial charge in [0.25, 0.3) is 0 Å². The third-order valence-corrected chi connectivity index (χ3v) is 3.93. The van der Waals surface area contributed by atoms with Crippen LogP contribution in [0, 0.1) is 6.92 Å². The number of alkyl carbamates (subject to hydrolysis) is 1. The van der Waals surface area contributed by atoms with Crippen molar-refractivity contribution in [1.29, 1.82) is 0 Å². The number of amides is 1. The maximum absolute atomic E-state index is 11.9. The molecule has 0 aliphatic carbocycles. The van der Waals surface area contributed by atoms with Gasteiger partial charge in [-0.3, -0.25) is 9.69 Å². The first-order valence-corrected chi connectivity index (χ1v) is 8.18. The molecule has 2 N–H and O–H groups in total. The second-order valence-electron chi connectivity index (χ2n) is 7.28. The Balaban J connectivity index is 2.00. The summed E-state index contributed by atoms with van der Waals surface area (Å²) in [5.74, 6) is -0.878. The van der Waals surface area contributed by atoms with Crippen molar-refractivity contribution in [2.75, 3.05) is 13.1 Å². The first kappa shape index (κ1) is 18.3. The highest BCUT2D eigenvalue weighted by molar-refractivity contribution is 5.75. The summed E-state index contributed by atoms with van der Waals surface area (Å²) >= 11 is 0. The van der Waals surface area contributed by atoms with Gasteiger partial charge in [-0.25, -0.2) is 4.79 Å². The van der Waals surface area contributed by atoms with Crippen LogP contribution in [0.25, 0.3) is 0 Å². The van der Waals surface area contributed by atoms with Crippen molar-refractivity contribution in [1.82, 2.24) is 10.2 Å². The minimum Gasteiger partial charge on any atom is -0.480 e. The van der Waals surface area contributed by atoms with Crippen molar-refractivity contribution in [2.24, 2.45) is 0 Å². The maximum Gasteiger partial charge on any atom is 0.407 e. The predicted octanol–water partition coefficient (Wildman–Crippen LogP) is 2.72. The van der Waals surface area contributed by atoms with E-state index in [-0.39, 0.29) is 6.04 Å². The molecule has 6 heteroatoms. The fourth-order valence-corrected chi connectivity index (χ4v) is 2.87. The molecule has 6 nitrogen and oxygen atoms in total. The largest absolute Gasteiger partial charge is 0.480 e. The van der Waals surface area contributed by atoms with Crippen LogP contribution in [0.4, 0.5) is 4.79 Å². The molecule has 1 fully saturated rings. The van der Waals surface area contributed by atoms with Gasteiger partial charge in [-0.05, 0) is 39.7 Å². The van der Waals surface area contributed by atoms with Crippen molar-refractivity contribution in [2.45, 2.75) is 51.8 Å². The SMILES string of the molecule is Cc1ccc([C@@H](C(=O)O)N2CC[C@H](NC(=O)OC(C)(C)C)C2)cc1. The zero-order valence-electron chi connectivity index (χ0n) is 14.7. The number of nitrogens with zero attached hydrogens (tertiary/aromatic N) is 1.